The molecule has 0 aromatic carbocycles. The molecule has 0 spiro atoms. The summed E-state index contributed by atoms with van der Waals surface area (Å²) in [6.45, 7) is 3.72. The lowest BCUT2D eigenvalue weighted by molar-refractivity contribution is -0.132. The van der Waals surface area contributed by atoms with E-state index in [0.717, 1.165) is 0 Å². The minimum atomic E-state index is -0.565. The maximum absolute atomic E-state index is 11.1. The molecular weight excluding hydrogens is 170 g/mol. The molecule has 0 aliphatic heterocycles. The number of nitrogens with zero attached hydrogens (tertiary/aromatic N) is 2. The van der Waals surface area contributed by atoms with Crippen LogP contribution in [0.5, 0.6) is 0 Å². The fraction of sp³-hybridized carbons (Fsp3) is 0.625. The van der Waals surface area contributed by atoms with Gasteiger partial charge in [0.1, 0.15) is 0 Å². The number of carbonyl (C=O) groups excluding carboxylic acids is 1. The largest absolute Gasteiger partial charge is 0.464 e. The van der Waals surface area contributed by atoms with Crippen molar-refractivity contribution in [2.45, 2.75) is 19.9 Å². The molecule has 0 fully saturated rings. The van der Waals surface area contributed by atoms with Crippen molar-refractivity contribution in [3.63, 3.8) is 0 Å². The van der Waals surface area contributed by atoms with E-state index in [-0.39, 0.29) is 17.6 Å². The predicted molar refractivity (Wildman–Crippen MR) is 52.1 cm³/mol. The van der Waals surface area contributed by atoms with Crippen molar-refractivity contribution in [3.05, 3.63) is 0 Å². The molecule has 5 nitrogen and oxygen atoms in total. The van der Waals surface area contributed by atoms with Crippen molar-refractivity contribution in [1.82, 2.24) is 0 Å². The second-order valence-electron chi connectivity index (χ2n) is 2.67. The fourth-order valence-corrected chi connectivity index (χ4v) is 0.746. The van der Waals surface area contributed by atoms with Crippen molar-refractivity contribution in [2.24, 2.45) is 15.7 Å². The average molecular weight is 185 g/mol. The molecule has 0 atom stereocenters. The van der Waals surface area contributed by atoms with Crippen LogP contribution in [0, 0.1) is 0 Å². The lowest BCUT2D eigenvalue weighted by Crippen LogP contribution is -2.32. The highest BCUT2D eigenvalue weighted by molar-refractivity contribution is 6.65. The molecule has 5 heteroatoms. The Bertz CT molecular complexity index is 244. The number of esters is 1. The molecule has 74 valence electrons. The average Bonchev–Trinajstić information content (AvgIpc) is 2.03. The third kappa shape index (κ3) is 3.68. The molecule has 0 aliphatic rings. The van der Waals surface area contributed by atoms with Gasteiger partial charge in [-0.2, -0.15) is 0 Å². The number of aliphatic imine (C=N–C) groups is 2. The number of methoxy groups -OCH3 is 1. The zero-order valence-corrected chi connectivity index (χ0v) is 8.37. The summed E-state index contributed by atoms with van der Waals surface area (Å²) in [6.07, 6.45) is 0. The van der Waals surface area contributed by atoms with Gasteiger partial charge in [-0.3, -0.25) is 9.98 Å². The Labute approximate surface area is 77.7 Å². The summed E-state index contributed by atoms with van der Waals surface area (Å²) >= 11 is 0. The first-order valence-electron chi connectivity index (χ1n) is 3.91. The van der Waals surface area contributed by atoms with E-state index >= 15 is 0 Å². The van der Waals surface area contributed by atoms with Crippen LogP contribution in [0.25, 0.3) is 0 Å². The van der Waals surface area contributed by atoms with Crippen LogP contribution in [0.15, 0.2) is 9.98 Å². The van der Waals surface area contributed by atoms with Crippen LogP contribution in [0.3, 0.4) is 0 Å². The van der Waals surface area contributed by atoms with Gasteiger partial charge in [0.25, 0.3) is 0 Å². The summed E-state index contributed by atoms with van der Waals surface area (Å²) in [6, 6.07) is 0.0291. The molecule has 0 bridgehead atoms. The molecule has 0 radical (unpaired) electrons. The normalized spacial score (nSPS) is 13.3. The predicted octanol–water partition coefficient (Wildman–Crippen LogP) is -0.00420. The molecule has 0 amide bonds. The third-order valence-electron chi connectivity index (χ3n) is 1.24. The molecule has 0 aliphatic carbocycles. The zero-order chi connectivity index (χ0) is 10.4. The van der Waals surface area contributed by atoms with Crippen molar-refractivity contribution in [1.29, 1.82) is 0 Å². The van der Waals surface area contributed by atoms with Gasteiger partial charge in [-0.1, -0.05) is 0 Å². The lowest BCUT2D eigenvalue weighted by Gasteiger charge is -2.04. The van der Waals surface area contributed by atoms with Gasteiger partial charge in [0, 0.05) is 13.1 Å². The Kier molecular flexibility index (Phi) is 4.72. The van der Waals surface area contributed by atoms with E-state index in [0.29, 0.717) is 0 Å². The van der Waals surface area contributed by atoms with Crippen LogP contribution >= 0.6 is 0 Å². The maximum atomic E-state index is 11.1. The maximum Gasteiger partial charge on any atom is 0.360 e. The standard InChI is InChI=1S/C8H15N3O2/c1-5(2)11-7(9)6(10-3)8(12)13-4/h5H,1-4H3,(H2,9,11)/b10-6+. The molecule has 2 N–H and O–H groups in total. The zero-order valence-electron chi connectivity index (χ0n) is 8.37. The molecule has 0 aromatic heterocycles. The van der Waals surface area contributed by atoms with E-state index in [4.69, 9.17) is 5.73 Å². The topological polar surface area (TPSA) is 77.0 Å². The lowest BCUT2D eigenvalue weighted by atomic mass is 10.3. The number of hydrogen-bond donors (Lipinski definition) is 1. The summed E-state index contributed by atoms with van der Waals surface area (Å²) in [5, 5.41) is 0. The Morgan fingerprint density at radius 2 is 2.00 bits per heavy atom. The van der Waals surface area contributed by atoms with Gasteiger partial charge in [-0.05, 0) is 13.8 Å². The molecule has 0 heterocycles. The molecule has 13 heavy (non-hydrogen) atoms. The monoisotopic (exact) mass is 185 g/mol. The Balaban J connectivity index is 4.71. The Morgan fingerprint density at radius 1 is 1.46 bits per heavy atom. The van der Waals surface area contributed by atoms with Gasteiger partial charge in [0.05, 0.1) is 7.11 Å². The number of rotatable bonds is 3. The van der Waals surface area contributed by atoms with Gasteiger partial charge in [0.15, 0.2) is 11.5 Å². The highest BCUT2D eigenvalue weighted by Crippen LogP contribution is 1.90. The van der Waals surface area contributed by atoms with E-state index in [9.17, 15) is 4.79 Å². The van der Waals surface area contributed by atoms with Crippen LogP contribution in [-0.4, -0.2) is 37.7 Å². The van der Waals surface area contributed by atoms with Gasteiger partial charge in [0.2, 0.25) is 0 Å². The van der Waals surface area contributed by atoms with Crippen molar-refractivity contribution in [3.8, 4) is 0 Å². The van der Waals surface area contributed by atoms with Crippen molar-refractivity contribution < 1.29 is 9.53 Å². The first-order chi connectivity index (χ1) is 6.02. The Hall–Kier alpha value is -1.39. The van der Waals surface area contributed by atoms with Crippen LogP contribution in [0.4, 0.5) is 0 Å². The first-order valence-corrected chi connectivity index (χ1v) is 3.91. The third-order valence-corrected chi connectivity index (χ3v) is 1.24. The number of ether oxygens (including phenoxy) is 1. The van der Waals surface area contributed by atoms with Crippen LogP contribution in [0.1, 0.15) is 13.8 Å². The van der Waals surface area contributed by atoms with Crippen LogP contribution in [0.2, 0.25) is 0 Å². The highest BCUT2D eigenvalue weighted by atomic mass is 16.5. The minimum Gasteiger partial charge on any atom is -0.464 e. The van der Waals surface area contributed by atoms with E-state index in [1.165, 1.54) is 14.2 Å². The number of amidine groups is 1. The molecule has 0 saturated heterocycles. The van der Waals surface area contributed by atoms with E-state index in [2.05, 4.69) is 14.7 Å². The molecule has 0 aromatic rings. The molecule has 0 saturated carbocycles. The van der Waals surface area contributed by atoms with E-state index in [1.54, 1.807) is 0 Å². The minimum absolute atomic E-state index is 0.0291. The van der Waals surface area contributed by atoms with Gasteiger partial charge in [-0.25, -0.2) is 4.79 Å². The van der Waals surface area contributed by atoms with E-state index in [1.807, 2.05) is 13.8 Å². The van der Waals surface area contributed by atoms with Gasteiger partial charge < -0.3 is 10.5 Å². The van der Waals surface area contributed by atoms with E-state index < -0.39 is 5.97 Å². The summed E-state index contributed by atoms with van der Waals surface area (Å²) in [4.78, 5) is 18.7. The number of carbonyl (C=O) groups is 1. The molecular formula is C8H15N3O2. The number of hydrogen-bond acceptors (Lipinski definition) is 4. The summed E-state index contributed by atoms with van der Waals surface area (Å²) in [7, 11) is 2.74. The number of nitrogens with two attached hydrogens (primary N) is 1. The van der Waals surface area contributed by atoms with Crippen LogP contribution < -0.4 is 5.73 Å². The fourth-order valence-electron chi connectivity index (χ4n) is 0.746. The molecule has 0 unspecified atom stereocenters. The summed E-state index contributed by atoms with van der Waals surface area (Å²) in [5.41, 5.74) is 5.59. The van der Waals surface area contributed by atoms with Crippen molar-refractivity contribution in [2.75, 3.05) is 14.2 Å². The smallest absolute Gasteiger partial charge is 0.360 e. The van der Waals surface area contributed by atoms with Crippen molar-refractivity contribution >= 4 is 17.5 Å². The highest BCUT2D eigenvalue weighted by Gasteiger charge is 2.15. The van der Waals surface area contributed by atoms with Gasteiger partial charge >= 0.3 is 5.97 Å². The second kappa shape index (κ2) is 5.29. The summed E-state index contributed by atoms with van der Waals surface area (Å²) in [5.74, 6) is -0.450. The first kappa shape index (κ1) is 11.6. The quantitative estimate of drug-likeness (QED) is 0.382. The summed E-state index contributed by atoms with van der Waals surface area (Å²) < 4.78 is 4.48. The van der Waals surface area contributed by atoms with Gasteiger partial charge in [-0.15, -0.1) is 0 Å². The van der Waals surface area contributed by atoms with Crippen LogP contribution in [-0.2, 0) is 9.53 Å². The SMILES string of the molecule is C/N=C(C(=O)OC)\C(N)=N/C(C)C. The molecule has 0 rings (SSSR count). The Morgan fingerprint density at radius 3 is 2.31 bits per heavy atom. The second-order valence-corrected chi connectivity index (χ2v) is 2.67.